The van der Waals surface area contributed by atoms with Crippen molar-refractivity contribution in [3.8, 4) is 23.5 Å². The van der Waals surface area contributed by atoms with Gasteiger partial charge in [-0.15, -0.1) is 0 Å². The van der Waals surface area contributed by atoms with Crippen molar-refractivity contribution in [3.63, 3.8) is 0 Å². The maximum atomic E-state index is 14.4. The van der Waals surface area contributed by atoms with Gasteiger partial charge in [0.25, 0.3) is 0 Å². The Morgan fingerprint density at radius 1 is 1.14 bits per heavy atom. The molecule has 8 nitrogen and oxygen atoms in total. The molecule has 2 atom stereocenters. The minimum atomic E-state index is -0.577. The van der Waals surface area contributed by atoms with Gasteiger partial charge in [0.2, 0.25) is 5.88 Å². The number of hydrogen-bond acceptors (Lipinski definition) is 8. The first-order valence-electron chi connectivity index (χ1n) is 15.3. The van der Waals surface area contributed by atoms with Gasteiger partial charge in [0.15, 0.2) is 17.3 Å². The lowest BCUT2D eigenvalue weighted by molar-refractivity contribution is 0.193. The van der Waals surface area contributed by atoms with Crippen molar-refractivity contribution in [2.24, 2.45) is 0 Å². The molecule has 0 amide bonds. The summed E-state index contributed by atoms with van der Waals surface area (Å²) in [6, 6.07) is 5.55. The summed E-state index contributed by atoms with van der Waals surface area (Å²) < 4.78 is 26.4. The highest BCUT2D eigenvalue weighted by atomic mass is 35.5. The van der Waals surface area contributed by atoms with Crippen LogP contribution in [0.1, 0.15) is 102 Å². The van der Waals surface area contributed by atoms with E-state index in [4.69, 9.17) is 26.6 Å². The van der Waals surface area contributed by atoms with Gasteiger partial charge in [-0.05, 0) is 75.7 Å². The Kier molecular flexibility index (Phi) is 11.7. The number of hydrogen-bond donors (Lipinski definition) is 1. The van der Waals surface area contributed by atoms with Gasteiger partial charge in [0, 0.05) is 17.7 Å². The number of rotatable bonds is 4. The molecule has 42 heavy (non-hydrogen) atoms. The van der Waals surface area contributed by atoms with Crippen LogP contribution in [-0.2, 0) is 18.3 Å². The molecule has 1 spiro atoms. The Morgan fingerprint density at radius 3 is 2.55 bits per heavy atom. The van der Waals surface area contributed by atoms with Crippen LogP contribution in [0.15, 0.2) is 16.7 Å². The fraction of sp³-hybridized carbons (Fsp3) is 0.562. The smallest absolute Gasteiger partial charge is 0.218 e. The van der Waals surface area contributed by atoms with Crippen molar-refractivity contribution in [2.75, 3.05) is 25.9 Å². The van der Waals surface area contributed by atoms with Crippen LogP contribution in [-0.4, -0.2) is 46.3 Å². The molecule has 2 aliphatic carbocycles. The molecule has 1 aromatic carbocycles. The molecule has 2 N–H and O–H groups in total. The summed E-state index contributed by atoms with van der Waals surface area (Å²) in [6.45, 7) is 13.6. The van der Waals surface area contributed by atoms with E-state index in [0.29, 0.717) is 48.6 Å². The van der Waals surface area contributed by atoms with Crippen LogP contribution in [0.2, 0.25) is 5.15 Å². The summed E-state index contributed by atoms with van der Waals surface area (Å²) in [5, 5.41) is 14.5. The number of anilines is 1. The molecule has 3 aromatic rings. The maximum absolute atomic E-state index is 14.4. The summed E-state index contributed by atoms with van der Waals surface area (Å²) in [5.41, 5.74) is 8.48. The first-order valence-corrected chi connectivity index (χ1v) is 15.7. The van der Waals surface area contributed by atoms with E-state index >= 15 is 0 Å². The molecule has 2 unspecified atom stereocenters. The third kappa shape index (κ3) is 6.11. The van der Waals surface area contributed by atoms with Crippen molar-refractivity contribution in [2.45, 2.75) is 97.9 Å². The van der Waals surface area contributed by atoms with Crippen LogP contribution in [0, 0.1) is 17.1 Å². The number of fused-ring (bicyclic) bond motifs is 4. The molecule has 0 radical (unpaired) electrons. The van der Waals surface area contributed by atoms with Gasteiger partial charge in [-0.1, -0.05) is 58.3 Å². The quantitative estimate of drug-likeness (QED) is 0.242. The lowest BCUT2D eigenvalue weighted by atomic mass is 9.68. The average molecular weight is 599 g/mol. The van der Waals surface area contributed by atoms with E-state index in [1.54, 1.807) is 6.07 Å². The molecule has 10 heteroatoms. The number of nitrogens with two attached hydrogens (primary N) is 1. The lowest BCUT2D eigenvalue weighted by Crippen LogP contribution is -2.30. The fourth-order valence-corrected chi connectivity index (χ4v) is 6.42. The van der Waals surface area contributed by atoms with Crippen molar-refractivity contribution >= 4 is 17.3 Å². The second-order valence-electron chi connectivity index (χ2n) is 10.0. The summed E-state index contributed by atoms with van der Waals surface area (Å²) in [6.07, 6.45) is 5.91. The SMILES string of the molecule is CC.CC.CC.CN1CCCC1COc1cc(Cl)nc(-c2noc3c2CCCC32CCc3cc(F)c(N)c(C#N)c32)n1. The van der Waals surface area contributed by atoms with Gasteiger partial charge >= 0.3 is 0 Å². The Morgan fingerprint density at radius 2 is 1.88 bits per heavy atom. The Bertz CT molecular complexity index is 1400. The topological polar surface area (TPSA) is 114 Å². The zero-order chi connectivity index (χ0) is 31.0. The highest BCUT2D eigenvalue weighted by Gasteiger charge is 2.49. The minimum Gasteiger partial charge on any atom is -0.476 e. The number of halogens is 2. The number of ether oxygens (including phenoxy) is 1. The number of benzene rings is 1. The Labute approximate surface area is 254 Å². The van der Waals surface area contributed by atoms with E-state index in [-0.39, 0.29) is 16.4 Å². The van der Waals surface area contributed by atoms with Gasteiger partial charge in [-0.25, -0.2) is 9.37 Å². The second kappa shape index (κ2) is 14.8. The third-order valence-corrected chi connectivity index (χ3v) is 8.24. The molecular weight excluding hydrogens is 555 g/mol. The van der Waals surface area contributed by atoms with Gasteiger partial charge in [-0.2, -0.15) is 10.2 Å². The number of nitrogens with zero attached hydrogens (tertiary/aromatic N) is 5. The standard InChI is InChI=1S/C26H26ClFN6O2.3C2H6/c1-34-9-3-4-15(34)13-35-20-11-19(27)31-25(32-20)23-16-5-2-7-26(24(16)36-33-23)8-6-14-10-18(28)22(30)17(12-29)21(14)26;3*1-2/h10-11,15H,2-9,13,30H2,1H3;3*1-2H3. The number of nitrogen functional groups attached to an aromatic ring is 1. The van der Waals surface area contributed by atoms with E-state index in [1.807, 2.05) is 41.5 Å². The first kappa shape index (κ1) is 33.3. The molecule has 0 bridgehead atoms. The van der Waals surface area contributed by atoms with Crippen LogP contribution in [0.25, 0.3) is 11.5 Å². The fourth-order valence-electron chi connectivity index (χ4n) is 6.25. The molecule has 3 aliphatic rings. The highest BCUT2D eigenvalue weighted by molar-refractivity contribution is 6.29. The summed E-state index contributed by atoms with van der Waals surface area (Å²) in [5.74, 6) is 0.870. The van der Waals surface area contributed by atoms with Crippen molar-refractivity contribution < 1.29 is 13.7 Å². The minimum absolute atomic E-state index is 0.114. The normalized spacial score (nSPS) is 20.1. The predicted molar refractivity (Wildman–Crippen MR) is 165 cm³/mol. The van der Waals surface area contributed by atoms with Gasteiger partial charge in [0.05, 0.1) is 16.7 Å². The van der Waals surface area contributed by atoms with E-state index in [0.717, 1.165) is 55.3 Å². The third-order valence-electron chi connectivity index (χ3n) is 8.04. The van der Waals surface area contributed by atoms with E-state index < -0.39 is 11.2 Å². The van der Waals surface area contributed by atoms with E-state index in [9.17, 15) is 9.65 Å². The molecular formula is C32H44ClFN6O2. The first-order chi connectivity index (χ1) is 20.4. The van der Waals surface area contributed by atoms with E-state index in [1.165, 1.54) is 6.07 Å². The average Bonchev–Trinajstić information content (AvgIpc) is 3.74. The van der Waals surface area contributed by atoms with Gasteiger partial charge < -0.3 is 19.9 Å². The van der Waals surface area contributed by atoms with Gasteiger partial charge in [-0.3, -0.25) is 0 Å². The molecule has 2 aromatic heterocycles. The second-order valence-corrected chi connectivity index (χ2v) is 10.4. The monoisotopic (exact) mass is 598 g/mol. The van der Waals surface area contributed by atoms with Crippen LogP contribution in [0.3, 0.4) is 0 Å². The van der Waals surface area contributed by atoms with Crippen LogP contribution in [0.5, 0.6) is 5.88 Å². The Balaban J connectivity index is 0.000000760. The molecule has 6 rings (SSSR count). The number of aryl methyl sites for hydroxylation is 1. The summed E-state index contributed by atoms with van der Waals surface area (Å²) in [4.78, 5) is 11.3. The predicted octanol–water partition coefficient (Wildman–Crippen LogP) is 7.50. The zero-order valence-electron chi connectivity index (χ0n) is 26.0. The highest BCUT2D eigenvalue weighted by Crippen LogP contribution is 2.54. The van der Waals surface area contributed by atoms with E-state index in [2.05, 4.69) is 33.1 Å². The van der Waals surface area contributed by atoms with Crippen molar-refractivity contribution in [3.05, 3.63) is 51.1 Å². The largest absolute Gasteiger partial charge is 0.476 e. The molecule has 228 valence electrons. The molecule has 0 saturated carbocycles. The zero-order valence-corrected chi connectivity index (χ0v) is 26.7. The number of likely N-dealkylation sites (tertiary alicyclic amines) is 1. The lowest BCUT2D eigenvalue weighted by Gasteiger charge is -2.33. The number of nitriles is 1. The molecule has 3 heterocycles. The van der Waals surface area contributed by atoms with Crippen molar-refractivity contribution in [1.82, 2.24) is 20.0 Å². The summed E-state index contributed by atoms with van der Waals surface area (Å²) >= 11 is 6.35. The Hall–Kier alpha value is -3.22. The van der Waals surface area contributed by atoms with Gasteiger partial charge in [0.1, 0.15) is 23.6 Å². The van der Waals surface area contributed by atoms with Crippen LogP contribution < -0.4 is 10.5 Å². The maximum Gasteiger partial charge on any atom is 0.218 e. The number of aromatic nitrogens is 3. The molecule has 1 aliphatic heterocycles. The van der Waals surface area contributed by atoms with Crippen molar-refractivity contribution in [1.29, 1.82) is 5.26 Å². The summed E-state index contributed by atoms with van der Waals surface area (Å²) in [7, 11) is 2.10. The molecule has 1 fully saturated rings. The number of likely N-dealkylation sites (N-methyl/N-ethyl adjacent to an activating group) is 1. The van der Waals surface area contributed by atoms with Crippen LogP contribution >= 0.6 is 11.6 Å². The van der Waals surface area contributed by atoms with Crippen LogP contribution in [0.4, 0.5) is 10.1 Å². The molecule has 1 saturated heterocycles.